The number of unbranched alkanes of at least 4 members (excludes halogenated alkanes) is 31. The van der Waals surface area contributed by atoms with E-state index in [9.17, 15) is 14.4 Å². The average molecular weight is 779 g/mol. The van der Waals surface area contributed by atoms with Crippen LogP contribution in [0.25, 0.3) is 0 Å². The monoisotopic (exact) mass is 779 g/mol. The second-order valence-corrected chi connectivity index (χ2v) is 17.2. The zero-order valence-corrected chi connectivity index (χ0v) is 37.4. The van der Waals surface area contributed by atoms with Crippen LogP contribution < -0.4 is 0 Å². The van der Waals surface area contributed by atoms with Crippen molar-refractivity contribution in [1.82, 2.24) is 0 Å². The molecule has 0 heterocycles. The molecule has 6 heteroatoms. The Labute approximate surface area is 342 Å². The maximum Gasteiger partial charge on any atom is 0.306 e. The second kappa shape index (κ2) is 43.5. The van der Waals surface area contributed by atoms with Crippen molar-refractivity contribution in [2.75, 3.05) is 13.2 Å². The van der Waals surface area contributed by atoms with Gasteiger partial charge in [-0.2, -0.15) is 0 Å². The molecule has 6 nitrogen and oxygen atoms in total. The number of rotatable bonds is 44. The van der Waals surface area contributed by atoms with Gasteiger partial charge in [0.05, 0.1) is 0 Å². The maximum absolute atomic E-state index is 12.7. The minimum absolute atomic E-state index is 0.0633. The third-order valence-corrected chi connectivity index (χ3v) is 11.0. The molecule has 0 aromatic heterocycles. The fourth-order valence-corrected chi connectivity index (χ4v) is 7.33. The average Bonchev–Trinajstić information content (AvgIpc) is 3.17. The third-order valence-electron chi connectivity index (χ3n) is 11.0. The highest BCUT2D eigenvalue weighted by atomic mass is 16.6. The van der Waals surface area contributed by atoms with E-state index in [1.54, 1.807) is 0 Å². The van der Waals surface area contributed by atoms with Crippen molar-refractivity contribution >= 4 is 17.9 Å². The van der Waals surface area contributed by atoms with E-state index in [2.05, 4.69) is 27.7 Å². The lowest BCUT2D eigenvalue weighted by Crippen LogP contribution is -2.30. The van der Waals surface area contributed by atoms with Crippen LogP contribution in [0, 0.1) is 5.92 Å². The molecule has 0 aliphatic carbocycles. The van der Waals surface area contributed by atoms with Gasteiger partial charge in [0.25, 0.3) is 0 Å². The zero-order valence-electron chi connectivity index (χ0n) is 37.4. The third kappa shape index (κ3) is 43.4. The molecule has 0 aliphatic heterocycles. The number of esters is 3. The second-order valence-electron chi connectivity index (χ2n) is 17.2. The summed E-state index contributed by atoms with van der Waals surface area (Å²) in [5.41, 5.74) is 0. The maximum atomic E-state index is 12.7. The lowest BCUT2D eigenvalue weighted by Gasteiger charge is -2.18. The summed E-state index contributed by atoms with van der Waals surface area (Å²) in [6.45, 7) is 8.99. The summed E-state index contributed by atoms with van der Waals surface area (Å²) in [6, 6.07) is 0. The molecule has 0 saturated carbocycles. The summed E-state index contributed by atoms with van der Waals surface area (Å²) in [4.78, 5) is 37.8. The summed E-state index contributed by atoms with van der Waals surface area (Å²) in [5, 5.41) is 0. The van der Waals surface area contributed by atoms with Gasteiger partial charge in [0.2, 0.25) is 0 Å². The Hall–Kier alpha value is -1.59. The number of ether oxygens (including phenoxy) is 3. The highest BCUT2D eigenvalue weighted by Crippen LogP contribution is 2.16. The van der Waals surface area contributed by atoms with E-state index in [1.807, 2.05) is 0 Å². The summed E-state index contributed by atoms with van der Waals surface area (Å²) in [7, 11) is 0. The highest BCUT2D eigenvalue weighted by Gasteiger charge is 2.19. The van der Waals surface area contributed by atoms with Crippen LogP contribution in [-0.4, -0.2) is 37.2 Å². The minimum Gasteiger partial charge on any atom is -0.462 e. The first-order valence-electron chi connectivity index (χ1n) is 24.4. The van der Waals surface area contributed by atoms with E-state index >= 15 is 0 Å². The lowest BCUT2D eigenvalue weighted by atomic mass is 10.0. The molecule has 326 valence electrons. The quantitative estimate of drug-likeness (QED) is 0.0348. The Balaban J connectivity index is 4.31. The van der Waals surface area contributed by atoms with Crippen molar-refractivity contribution in [3.05, 3.63) is 0 Å². The fraction of sp³-hybridized carbons (Fsp3) is 0.939. The van der Waals surface area contributed by atoms with E-state index in [0.29, 0.717) is 19.3 Å². The highest BCUT2D eigenvalue weighted by molar-refractivity contribution is 5.71. The van der Waals surface area contributed by atoms with Gasteiger partial charge < -0.3 is 14.2 Å². The van der Waals surface area contributed by atoms with Gasteiger partial charge in [-0.1, -0.05) is 233 Å². The topological polar surface area (TPSA) is 78.9 Å². The molecular formula is C49H94O6. The molecule has 0 rings (SSSR count). The van der Waals surface area contributed by atoms with Crippen LogP contribution in [0.15, 0.2) is 0 Å². The molecule has 0 unspecified atom stereocenters. The zero-order chi connectivity index (χ0) is 40.3. The molecule has 0 radical (unpaired) electrons. The first-order chi connectivity index (χ1) is 26.9. The van der Waals surface area contributed by atoms with Gasteiger partial charge in [0.1, 0.15) is 13.2 Å². The van der Waals surface area contributed by atoms with Crippen molar-refractivity contribution < 1.29 is 28.6 Å². The largest absolute Gasteiger partial charge is 0.462 e. The Morgan fingerprint density at radius 2 is 0.600 bits per heavy atom. The summed E-state index contributed by atoms with van der Waals surface area (Å²) in [5.74, 6) is -0.0341. The number of carbonyl (C=O) groups excluding carboxylic acids is 3. The predicted molar refractivity (Wildman–Crippen MR) is 233 cm³/mol. The van der Waals surface area contributed by atoms with E-state index < -0.39 is 6.10 Å². The molecule has 0 aromatic rings. The van der Waals surface area contributed by atoms with Crippen molar-refractivity contribution in [1.29, 1.82) is 0 Å². The van der Waals surface area contributed by atoms with Crippen LogP contribution in [0.2, 0.25) is 0 Å². The normalized spacial score (nSPS) is 11.9. The Kier molecular flexibility index (Phi) is 42.3. The van der Waals surface area contributed by atoms with Gasteiger partial charge in [0.15, 0.2) is 6.10 Å². The molecule has 0 saturated heterocycles. The summed E-state index contributed by atoms with van der Waals surface area (Å²) >= 11 is 0. The molecular weight excluding hydrogens is 685 g/mol. The van der Waals surface area contributed by atoms with Gasteiger partial charge in [-0.05, 0) is 25.2 Å². The summed E-state index contributed by atoms with van der Waals surface area (Å²) < 4.78 is 16.7. The van der Waals surface area contributed by atoms with Crippen molar-refractivity contribution in [3.63, 3.8) is 0 Å². The Morgan fingerprint density at radius 3 is 0.891 bits per heavy atom. The van der Waals surface area contributed by atoms with E-state index in [4.69, 9.17) is 14.2 Å². The lowest BCUT2D eigenvalue weighted by molar-refractivity contribution is -0.167. The van der Waals surface area contributed by atoms with Gasteiger partial charge >= 0.3 is 17.9 Å². The molecule has 0 aromatic carbocycles. The number of hydrogen-bond acceptors (Lipinski definition) is 6. The molecule has 1 atom stereocenters. The predicted octanol–water partition coefficient (Wildman–Crippen LogP) is 15.5. The molecule has 0 aliphatic rings. The first kappa shape index (κ1) is 53.4. The van der Waals surface area contributed by atoms with E-state index in [0.717, 1.165) is 63.7 Å². The van der Waals surface area contributed by atoms with Gasteiger partial charge in [-0.25, -0.2) is 0 Å². The van der Waals surface area contributed by atoms with Crippen molar-refractivity contribution in [2.24, 2.45) is 5.92 Å². The van der Waals surface area contributed by atoms with Crippen LogP contribution in [0.1, 0.15) is 272 Å². The first-order valence-corrected chi connectivity index (χ1v) is 24.4. The van der Waals surface area contributed by atoms with Crippen LogP contribution in [0.5, 0.6) is 0 Å². The van der Waals surface area contributed by atoms with Gasteiger partial charge in [0, 0.05) is 19.3 Å². The van der Waals surface area contributed by atoms with Gasteiger partial charge in [-0.15, -0.1) is 0 Å². The molecule has 0 fully saturated rings. The molecule has 55 heavy (non-hydrogen) atoms. The summed E-state index contributed by atoms with van der Waals surface area (Å²) in [6.07, 6.45) is 43.7. The Morgan fingerprint density at radius 1 is 0.345 bits per heavy atom. The van der Waals surface area contributed by atoms with Crippen LogP contribution in [0.4, 0.5) is 0 Å². The smallest absolute Gasteiger partial charge is 0.306 e. The van der Waals surface area contributed by atoms with Crippen molar-refractivity contribution in [3.8, 4) is 0 Å². The van der Waals surface area contributed by atoms with Crippen molar-refractivity contribution in [2.45, 2.75) is 278 Å². The van der Waals surface area contributed by atoms with Crippen LogP contribution in [-0.2, 0) is 28.6 Å². The van der Waals surface area contributed by atoms with Crippen LogP contribution in [0.3, 0.4) is 0 Å². The van der Waals surface area contributed by atoms with E-state index in [1.165, 1.54) is 167 Å². The Bertz CT molecular complexity index is 826. The molecule has 0 spiro atoms. The fourth-order valence-electron chi connectivity index (χ4n) is 7.33. The van der Waals surface area contributed by atoms with Gasteiger partial charge in [-0.3, -0.25) is 14.4 Å². The standard InChI is InChI=1S/C49H94O6/c1-5-7-9-11-13-15-17-18-19-20-25-29-33-37-41-48(51)54-44-46(43-53-47(50)40-36-32-28-24-16-14-12-10-8-6-2)55-49(52)42-38-34-30-26-22-21-23-27-31-35-39-45(3)4/h45-46H,5-44H2,1-4H3/t46-/m1/s1. The molecule has 0 N–H and O–H groups in total. The van der Waals surface area contributed by atoms with E-state index in [-0.39, 0.29) is 31.1 Å². The van der Waals surface area contributed by atoms with Crippen LogP contribution >= 0.6 is 0 Å². The molecule has 0 amide bonds. The minimum atomic E-state index is -0.759. The SMILES string of the molecule is CCCCCCCCCCCCCCCCC(=O)OC[C@@H](COC(=O)CCCCCCCCCCCC)OC(=O)CCCCCCCCCCCCC(C)C. The number of carbonyl (C=O) groups is 3. The molecule has 0 bridgehead atoms. The number of hydrogen-bond donors (Lipinski definition) is 0.